The van der Waals surface area contributed by atoms with Gasteiger partial charge in [-0.1, -0.05) is 6.92 Å². The lowest BCUT2D eigenvalue weighted by Gasteiger charge is -1.97. The third kappa shape index (κ3) is 1.82. The normalized spacial score (nSPS) is 13.2. The van der Waals surface area contributed by atoms with Crippen molar-refractivity contribution in [3.63, 3.8) is 0 Å². The second-order valence-corrected chi connectivity index (χ2v) is 4.65. The predicted octanol–water partition coefficient (Wildman–Crippen LogP) is 1.16. The van der Waals surface area contributed by atoms with Gasteiger partial charge in [0.2, 0.25) is 0 Å². The van der Waals surface area contributed by atoms with E-state index in [-0.39, 0.29) is 0 Å². The molecule has 0 aliphatic heterocycles. The Morgan fingerprint density at radius 1 is 1.50 bits per heavy atom. The molecule has 0 spiro atoms. The molecule has 2 rings (SSSR count). The maximum absolute atomic E-state index is 11.3. The van der Waals surface area contributed by atoms with Crippen LogP contribution in [0.2, 0.25) is 0 Å². The molecule has 1 unspecified atom stereocenters. The molecular formula is C9H11N3OS. The van der Waals surface area contributed by atoms with Gasteiger partial charge >= 0.3 is 0 Å². The lowest BCUT2D eigenvalue weighted by atomic mass is 10.4. The van der Waals surface area contributed by atoms with Gasteiger partial charge in [-0.3, -0.25) is 13.9 Å². The maximum Gasteiger partial charge on any atom is 0.116 e. The first-order valence-electron chi connectivity index (χ1n) is 4.42. The minimum Gasteiger partial charge on any atom is -0.258 e. The summed E-state index contributed by atoms with van der Waals surface area (Å²) in [5, 5.41) is 4.26. The summed E-state index contributed by atoms with van der Waals surface area (Å²) in [6.07, 6.45) is 3.55. The molecule has 1 atom stereocenters. The first-order chi connectivity index (χ1) is 6.79. The highest BCUT2D eigenvalue weighted by molar-refractivity contribution is 7.83. The maximum atomic E-state index is 11.3. The molecule has 5 heteroatoms. The third-order valence-electron chi connectivity index (χ3n) is 1.92. The second kappa shape index (κ2) is 3.88. The molecule has 0 radical (unpaired) electrons. The van der Waals surface area contributed by atoms with Crippen LogP contribution in [0, 0.1) is 0 Å². The van der Waals surface area contributed by atoms with Crippen molar-refractivity contribution in [3.8, 4) is 0 Å². The SMILES string of the molecule is CCS(=O)Cn1cc2ncccc2n1. The van der Waals surface area contributed by atoms with Crippen LogP contribution in [0.5, 0.6) is 0 Å². The summed E-state index contributed by atoms with van der Waals surface area (Å²) in [7, 11) is -0.832. The highest BCUT2D eigenvalue weighted by Crippen LogP contribution is 2.07. The molecule has 14 heavy (non-hydrogen) atoms. The fraction of sp³-hybridized carbons (Fsp3) is 0.333. The first kappa shape index (κ1) is 9.33. The van der Waals surface area contributed by atoms with Crippen LogP contribution in [0.25, 0.3) is 11.0 Å². The molecule has 0 saturated carbocycles. The van der Waals surface area contributed by atoms with Crippen LogP contribution >= 0.6 is 0 Å². The van der Waals surface area contributed by atoms with Gasteiger partial charge in [0.15, 0.2) is 0 Å². The van der Waals surface area contributed by atoms with Gasteiger partial charge in [-0.2, -0.15) is 5.10 Å². The lowest BCUT2D eigenvalue weighted by molar-refractivity contribution is 0.661. The largest absolute Gasteiger partial charge is 0.258 e. The van der Waals surface area contributed by atoms with E-state index in [1.807, 2.05) is 25.3 Å². The van der Waals surface area contributed by atoms with Crippen molar-refractivity contribution in [2.75, 3.05) is 5.75 Å². The van der Waals surface area contributed by atoms with E-state index >= 15 is 0 Å². The van der Waals surface area contributed by atoms with Gasteiger partial charge in [0.25, 0.3) is 0 Å². The highest BCUT2D eigenvalue weighted by Gasteiger charge is 2.02. The summed E-state index contributed by atoms with van der Waals surface area (Å²) >= 11 is 0. The molecular weight excluding hydrogens is 198 g/mol. The van der Waals surface area contributed by atoms with E-state index in [1.165, 1.54) is 0 Å². The van der Waals surface area contributed by atoms with Crippen LogP contribution in [-0.4, -0.2) is 24.7 Å². The molecule has 0 amide bonds. The van der Waals surface area contributed by atoms with Crippen molar-refractivity contribution in [2.45, 2.75) is 12.8 Å². The number of aromatic nitrogens is 3. The number of fused-ring (bicyclic) bond motifs is 1. The Bertz CT molecular complexity index is 433. The average molecular weight is 209 g/mol. The van der Waals surface area contributed by atoms with Gasteiger partial charge in [-0.25, -0.2) is 0 Å². The summed E-state index contributed by atoms with van der Waals surface area (Å²) in [6.45, 7) is 1.90. The van der Waals surface area contributed by atoms with Crippen molar-refractivity contribution >= 4 is 21.8 Å². The van der Waals surface area contributed by atoms with E-state index in [2.05, 4.69) is 10.1 Å². The zero-order valence-corrected chi connectivity index (χ0v) is 8.70. The fourth-order valence-electron chi connectivity index (χ4n) is 1.21. The lowest BCUT2D eigenvalue weighted by Crippen LogP contribution is -2.06. The molecule has 2 aromatic rings. The summed E-state index contributed by atoms with van der Waals surface area (Å²) in [6, 6.07) is 3.74. The van der Waals surface area contributed by atoms with Crippen LogP contribution in [0.4, 0.5) is 0 Å². The molecule has 2 heterocycles. The summed E-state index contributed by atoms with van der Waals surface area (Å²) in [5.74, 6) is 1.11. The van der Waals surface area contributed by atoms with Crippen molar-refractivity contribution in [1.82, 2.24) is 14.8 Å². The van der Waals surface area contributed by atoms with Crippen molar-refractivity contribution in [1.29, 1.82) is 0 Å². The fourth-order valence-corrected chi connectivity index (χ4v) is 1.82. The molecule has 0 N–H and O–H groups in total. The Morgan fingerprint density at radius 2 is 2.36 bits per heavy atom. The van der Waals surface area contributed by atoms with Crippen LogP contribution < -0.4 is 0 Å². The third-order valence-corrected chi connectivity index (χ3v) is 3.12. The van der Waals surface area contributed by atoms with Crippen molar-refractivity contribution < 1.29 is 4.21 Å². The number of pyridine rings is 1. The van der Waals surface area contributed by atoms with Crippen LogP contribution in [0.1, 0.15) is 6.92 Å². The Morgan fingerprint density at radius 3 is 3.07 bits per heavy atom. The van der Waals surface area contributed by atoms with Gasteiger partial charge in [-0.15, -0.1) is 0 Å². The molecule has 4 nitrogen and oxygen atoms in total. The summed E-state index contributed by atoms with van der Waals surface area (Å²) in [4.78, 5) is 4.15. The molecule has 74 valence electrons. The molecule has 0 fully saturated rings. The monoisotopic (exact) mass is 209 g/mol. The van der Waals surface area contributed by atoms with Crippen LogP contribution in [-0.2, 0) is 16.7 Å². The van der Waals surface area contributed by atoms with E-state index < -0.39 is 10.8 Å². The minimum absolute atomic E-state index is 0.451. The van der Waals surface area contributed by atoms with E-state index in [0.29, 0.717) is 11.6 Å². The predicted molar refractivity (Wildman–Crippen MR) is 56.2 cm³/mol. The second-order valence-electron chi connectivity index (χ2n) is 2.93. The van der Waals surface area contributed by atoms with Crippen molar-refractivity contribution in [2.24, 2.45) is 0 Å². The number of hydrogen-bond acceptors (Lipinski definition) is 3. The molecule has 0 bridgehead atoms. The smallest absolute Gasteiger partial charge is 0.116 e. The van der Waals surface area contributed by atoms with Crippen LogP contribution in [0.15, 0.2) is 24.5 Å². The molecule has 0 aliphatic carbocycles. The topological polar surface area (TPSA) is 47.8 Å². The molecule has 0 saturated heterocycles. The zero-order chi connectivity index (χ0) is 9.97. The molecule has 2 aromatic heterocycles. The first-order valence-corrected chi connectivity index (χ1v) is 5.91. The number of hydrogen-bond donors (Lipinski definition) is 0. The van der Waals surface area contributed by atoms with Gasteiger partial charge in [0, 0.05) is 22.7 Å². The van der Waals surface area contributed by atoms with Gasteiger partial charge in [-0.05, 0) is 12.1 Å². The quantitative estimate of drug-likeness (QED) is 0.762. The summed E-state index contributed by atoms with van der Waals surface area (Å²) < 4.78 is 13.0. The number of rotatable bonds is 3. The standard InChI is InChI=1S/C9H11N3OS/c1-2-14(13)7-12-6-9-8(11-12)4-3-5-10-9/h3-6H,2,7H2,1H3. The molecule has 0 aliphatic rings. The zero-order valence-electron chi connectivity index (χ0n) is 7.88. The van der Waals surface area contributed by atoms with Crippen molar-refractivity contribution in [3.05, 3.63) is 24.5 Å². The van der Waals surface area contributed by atoms with E-state index in [4.69, 9.17) is 0 Å². The minimum atomic E-state index is -0.832. The van der Waals surface area contributed by atoms with Gasteiger partial charge < -0.3 is 0 Å². The Balaban J connectivity index is 2.31. The highest BCUT2D eigenvalue weighted by atomic mass is 32.2. The van der Waals surface area contributed by atoms with Crippen LogP contribution in [0.3, 0.4) is 0 Å². The summed E-state index contributed by atoms with van der Waals surface area (Å²) in [5.41, 5.74) is 1.70. The Hall–Kier alpha value is -1.23. The van der Waals surface area contributed by atoms with Gasteiger partial charge in [0.05, 0.1) is 6.20 Å². The number of nitrogens with zero attached hydrogens (tertiary/aromatic N) is 3. The Kier molecular flexibility index (Phi) is 2.58. The van der Waals surface area contributed by atoms with E-state index in [1.54, 1.807) is 10.9 Å². The molecule has 0 aromatic carbocycles. The average Bonchev–Trinajstić information content (AvgIpc) is 2.59. The van der Waals surface area contributed by atoms with E-state index in [0.717, 1.165) is 11.0 Å². The van der Waals surface area contributed by atoms with E-state index in [9.17, 15) is 4.21 Å². The Labute approximate surface area is 84.4 Å². The van der Waals surface area contributed by atoms with Gasteiger partial charge in [0.1, 0.15) is 16.9 Å².